The summed E-state index contributed by atoms with van der Waals surface area (Å²) in [5.74, 6) is 0.824. The number of hydrogen-bond acceptors (Lipinski definition) is 3. The highest BCUT2D eigenvalue weighted by atomic mass is 16.2. The molecule has 1 atom stereocenters. The van der Waals surface area contributed by atoms with Crippen LogP contribution in [0.4, 0.5) is 0 Å². The molecule has 1 aliphatic heterocycles. The standard InChI is InChI=1S/C20H29N3O2/c1-14-3-5-16(6-4-14)20(17-7-8-17)21-13-19(25)22-18-9-11-23(12-10-18)15(2)24/h3-6,17-18,20-21H,7-13H2,1-2H3,(H,22,25)/t20-/m1/s1. The Morgan fingerprint density at radius 1 is 1.12 bits per heavy atom. The molecule has 1 saturated carbocycles. The SMILES string of the molecule is CC(=O)N1CCC(NC(=O)CN[C@H](c2ccc(C)cc2)C2CC2)CC1. The number of hydrogen-bond donors (Lipinski definition) is 2. The van der Waals surface area contributed by atoms with Crippen molar-refractivity contribution in [1.82, 2.24) is 15.5 Å². The van der Waals surface area contributed by atoms with Crippen LogP contribution in [0.2, 0.25) is 0 Å². The Morgan fingerprint density at radius 3 is 2.32 bits per heavy atom. The summed E-state index contributed by atoms with van der Waals surface area (Å²) in [6.45, 7) is 5.52. The monoisotopic (exact) mass is 343 g/mol. The summed E-state index contributed by atoms with van der Waals surface area (Å²) in [6.07, 6.45) is 4.15. The van der Waals surface area contributed by atoms with Gasteiger partial charge in [-0.1, -0.05) is 29.8 Å². The van der Waals surface area contributed by atoms with Gasteiger partial charge in [0.25, 0.3) is 0 Å². The number of rotatable bonds is 6. The van der Waals surface area contributed by atoms with E-state index < -0.39 is 0 Å². The van der Waals surface area contributed by atoms with Gasteiger partial charge in [-0.15, -0.1) is 0 Å². The fourth-order valence-corrected chi connectivity index (χ4v) is 3.58. The van der Waals surface area contributed by atoms with Crippen molar-refractivity contribution in [2.24, 2.45) is 5.92 Å². The van der Waals surface area contributed by atoms with E-state index in [0.717, 1.165) is 25.9 Å². The van der Waals surface area contributed by atoms with Crippen LogP contribution in [0.15, 0.2) is 24.3 Å². The average molecular weight is 343 g/mol. The maximum Gasteiger partial charge on any atom is 0.234 e. The molecule has 2 N–H and O–H groups in total. The molecule has 0 aromatic heterocycles. The minimum atomic E-state index is 0.0547. The van der Waals surface area contributed by atoms with Gasteiger partial charge in [-0.3, -0.25) is 9.59 Å². The maximum atomic E-state index is 12.3. The molecule has 5 heteroatoms. The highest BCUT2D eigenvalue weighted by Crippen LogP contribution is 2.40. The quantitative estimate of drug-likeness (QED) is 0.832. The third-order valence-electron chi connectivity index (χ3n) is 5.32. The molecule has 1 aromatic rings. The van der Waals surface area contributed by atoms with E-state index in [-0.39, 0.29) is 23.9 Å². The van der Waals surface area contributed by atoms with Gasteiger partial charge in [-0.2, -0.15) is 0 Å². The molecular formula is C20H29N3O2. The lowest BCUT2D eigenvalue weighted by Gasteiger charge is -2.31. The van der Waals surface area contributed by atoms with Crippen molar-refractivity contribution in [1.29, 1.82) is 0 Å². The molecule has 0 bridgehead atoms. The molecule has 0 radical (unpaired) electrons. The summed E-state index contributed by atoms with van der Waals surface area (Å²) in [5.41, 5.74) is 2.53. The van der Waals surface area contributed by atoms with Crippen LogP contribution in [0.3, 0.4) is 0 Å². The third kappa shape index (κ3) is 5.05. The molecule has 2 aliphatic rings. The molecule has 1 heterocycles. The third-order valence-corrected chi connectivity index (χ3v) is 5.32. The normalized spacial score (nSPS) is 19.5. The van der Waals surface area contributed by atoms with Gasteiger partial charge in [-0.05, 0) is 44.1 Å². The van der Waals surface area contributed by atoms with E-state index in [1.165, 1.54) is 24.0 Å². The van der Waals surface area contributed by atoms with Crippen LogP contribution in [-0.4, -0.2) is 42.4 Å². The van der Waals surface area contributed by atoms with E-state index >= 15 is 0 Å². The largest absolute Gasteiger partial charge is 0.352 e. The van der Waals surface area contributed by atoms with E-state index in [9.17, 15) is 9.59 Å². The van der Waals surface area contributed by atoms with Gasteiger partial charge in [0.1, 0.15) is 0 Å². The lowest BCUT2D eigenvalue weighted by Crippen LogP contribution is -2.48. The first kappa shape index (κ1) is 17.9. The van der Waals surface area contributed by atoms with Crippen LogP contribution in [0, 0.1) is 12.8 Å². The van der Waals surface area contributed by atoms with Crippen LogP contribution >= 0.6 is 0 Å². The number of amides is 2. The Kier molecular flexibility index (Phi) is 5.74. The second-order valence-corrected chi connectivity index (χ2v) is 7.45. The summed E-state index contributed by atoms with van der Waals surface area (Å²) < 4.78 is 0. The highest BCUT2D eigenvalue weighted by molar-refractivity contribution is 5.78. The highest BCUT2D eigenvalue weighted by Gasteiger charge is 2.32. The Bertz CT molecular complexity index is 602. The molecule has 0 unspecified atom stereocenters. The lowest BCUT2D eigenvalue weighted by molar-refractivity contribution is -0.130. The zero-order chi connectivity index (χ0) is 17.8. The predicted octanol–water partition coefficient (Wildman–Crippen LogP) is 2.16. The topological polar surface area (TPSA) is 61.4 Å². The number of piperidine rings is 1. The van der Waals surface area contributed by atoms with Crippen molar-refractivity contribution in [3.8, 4) is 0 Å². The second-order valence-electron chi connectivity index (χ2n) is 7.45. The minimum absolute atomic E-state index is 0.0547. The second kappa shape index (κ2) is 8.00. The molecule has 25 heavy (non-hydrogen) atoms. The molecule has 5 nitrogen and oxygen atoms in total. The molecule has 1 saturated heterocycles. The van der Waals surface area contributed by atoms with Crippen molar-refractivity contribution in [2.45, 2.75) is 51.6 Å². The van der Waals surface area contributed by atoms with E-state index in [1.54, 1.807) is 6.92 Å². The van der Waals surface area contributed by atoms with E-state index in [1.807, 2.05) is 4.90 Å². The number of likely N-dealkylation sites (tertiary alicyclic amines) is 1. The van der Waals surface area contributed by atoms with Crippen molar-refractivity contribution < 1.29 is 9.59 Å². The number of carbonyl (C=O) groups excluding carboxylic acids is 2. The van der Waals surface area contributed by atoms with Gasteiger partial charge in [-0.25, -0.2) is 0 Å². The molecule has 2 amide bonds. The van der Waals surface area contributed by atoms with Gasteiger partial charge in [0.2, 0.25) is 11.8 Å². The van der Waals surface area contributed by atoms with Gasteiger partial charge in [0.05, 0.1) is 6.54 Å². The van der Waals surface area contributed by atoms with Crippen LogP contribution < -0.4 is 10.6 Å². The maximum absolute atomic E-state index is 12.3. The zero-order valence-electron chi connectivity index (χ0n) is 15.3. The van der Waals surface area contributed by atoms with E-state index in [0.29, 0.717) is 12.5 Å². The number of aryl methyl sites for hydroxylation is 1. The zero-order valence-corrected chi connectivity index (χ0v) is 15.3. The van der Waals surface area contributed by atoms with Crippen molar-refractivity contribution in [3.05, 3.63) is 35.4 Å². The summed E-state index contributed by atoms with van der Waals surface area (Å²) in [6, 6.07) is 9.06. The van der Waals surface area contributed by atoms with Gasteiger partial charge in [0.15, 0.2) is 0 Å². The predicted molar refractivity (Wildman–Crippen MR) is 98.1 cm³/mol. The molecule has 1 aromatic carbocycles. The Morgan fingerprint density at radius 2 is 1.76 bits per heavy atom. The Balaban J connectivity index is 1.46. The summed E-state index contributed by atoms with van der Waals surface area (Å²) in [4.78, 5) is 25.5. The molecule has 136 valence electrons. The van der Waals surface area contributed by atoms with Crippen LogP contribution in [0.1, 0.15) is 49.8 Å². The molecular weight excluding hydrogens is 314 g/mol. The van der Waals surface area contributed by atoms with Crippen molar-refractivity contribution >= 4 is 11.8 Å². The first-order valence-corrected chi connectivity index (χ1v) is 9.38. The first-order valence-electron chi connectivity index (χ1n) is 9.38. The van der Waals surface area contributed by atoms with Crippen molar-refractivity contribution in [3.63, 3.8) is 0 Å². The fraction of sp³-hybridized carbons (Fsp3) is 0.600. The smallest absolute Gasteiger partial charge is 0.234 e. The van der Waals surface area contributed by atoms with Gasteiger partial charge < -0.3 is 15.5 Å². The van der Waals surface area contributed by atoms with Crippen molar-refractivity contribution in [2.75, 3.05) is 19.6 Å². The first-order chi connectivity index (χ1) is 12.0. The number of carbonyl (C=O) groups is 2. The van der Waals surface area contributed by atoms with Gasteiger partial charge >= 0.3 is 0 Å². The summed E-state index contributed by atoms with van der Waals surface area (Å²) >= 11 is 0. The molecule has 1 aliphatic carbocycles. The van der Waals surface area contributed by atoms with Crippen LogP contribution in [0.5, 0.6) is 0 Å². The molecule has 2 fully saturated rings. The van der Waals surface area contributed by atoms with Crippen LogP contribution in [-0.2, 0) is 9.59 Å². The average Bonchev–Trinajstić information content (AvgIpc) is 3.42. The Hall–Kier alpha value is -1.88. The minimum Gasteiger partial charge on any atom is -0.352 e. The fourth-order valence-electron chi connectivity index (χ4n) is 3.58. The van der Waals surface area contributed by atoms with Crippen LogP contribution in [0.25, 0.3) is 0 Å². The van der Waals surface area contributed by atoms with E-state index in [2.05, 4.69) is 41.8 Å². The number of nitrogens with one attached hydrogen (secondary N) is 2. The van der Waals surface area contributed by atoms with E-state index in [4.69, 9.17) is 0 Å². The molecule has 3 rings (SSSR count). The Labute approximate surface area is 150 Å². The number of benzene rings is 1. The molecule has 0 spiro atoms. The summed E-state index contributed by atoms with van der Waals surface area (Å²) in [5, 5.41) is 6.57. The summed E-state index contributed by atoms with van der Waals surface area (Å²) in [7, 11) is 0. The number of nitrogens with zero attached hydrogens (tertiary/aromatic N) is 1. The lowest BCUT2D eigenvalue weighted by atomic mass is 10.0. The van der Waals surface area contributed by atoms with Gasteiger partial charge in [0, 0.05) is 32.1 Å².